The van der Waals surface area contributed by atoms with Gasteiger partial charge >= 0.3 is 0 Å². The Kier molecular flexibility index (Phi) is 10.4. The molecule has 0 aliphatic heterocycles. The van der Waals surface area contributed by atoms with Crippen LogP contribution >= 0.6 is 23.2 Å². The number of nitrogens with zero attached hydrogens (tertiary/aromatic N) is 2. The van der Waals surface area contributed by atoms with Crippen LogP contribution in [0.2, 0.25) is 10.0 Å². The van der Waals surface area contributed by atoms with Crippen LogP contribution in [0.25, 0.3) is 0 Å². The summed E-state index contributed by atoms with van der Waals surface area (Å²) in [5.41, 5.74) is 2.94. The summed E-state index contributed by atoms with van der Waals surface area (Å²) in [6.45, 7) is 7.42. The van der Waals surface area contributed by atoms with E-state index in [0.29, 0.717) is 6.54 Å². The molecule has 0 aromatic heterocycles. The second kappa shape index (κ2) is 13.3. The predicted molar refractivity (Wildman–Crippen MR) is 157 cm³/mol. The van der Waals surface area contributed by atoms with E-state index in [-0.39, 0.29) is 33.1 Å². The summed E-state index contributed by atoms with van der Waals surface area (Å²) in [4.78, 5) is 28.2. The SMILES string of the molecule is CCCNC(=O)C(C)N(Cc1ccc(C)cc1)C(=O)CN(c1ccc(Cl)c(Cl)c1)S(=O)(=O)c1ccc(C)cc1. The van der Waals surface area contributed by atoms with E-state index in [1.165, 1.54) is 35.2 Å². The first-order chi connectivity index (χ1) is 18.4. The van der Waals surface area contributed by atoms with Gasteiger partial charge in [0, 0.05) is 13.1 Å². The van der Waals surface area contributed by atoms with Gasteiger partial charge in [0.15, 0.2) is 0 Å². The quantitative estimate of drug-likeness (QED) is 0.308. The summed E-state index contributed by atoms with van der Waals surface area (Å²) in [5, 5.41) is 3.22. The number of carbonyl (C=O) groups excluding carboxylic acids is 2. The first-order valence-corrected chi connectivity index (χ1v) is 14.8. The fourth-order valence-electron chi connectivity index (χ4n) is 3.88. The summed E-state index contributed by atoms with van der Waals surface area (Å²) < 4.78 is 28.7. The van der Waals surface area contributed by atoms with Crippen LogP contribution in [0.15, 0.2) is 71.6 Å². The number of anilines is 1. The van der Waals surface area contributed by atoms with E-state index >= 15 is 0 Å². The lowest BCUT2D eigenvalue weighted by Gasteiger charge is -2.32. The van der Waals surface area contributed by atoms with E-state index in [4.69, 9.17) is 23.2 Å². The van der Waals surface area contributed by atoms with E-state index in [2.05, 4.69) is 5.32 Å². The van der Waals surface area contributed by atoms with Gasteiger partial charge in [0.2, 0.25) is 11.8 Å². The number of hydrogen-bond donors (Lipinski definition) is 1. The average Bonchev–Trinajstić information content (AvgIpc) is 2.91. The number of amides is 2. The van der Waals surface area contributed by atoms with Crippen LogP contribution in [0, 0.1) is 13.8 Å². The molecule has 208 valence electrons. The topological polar surface area (TPSA) is 86.8 Å². The van der Waals surface area contributed by atoms with Crippen LogP contribution in [-0.4, -0.2) is 44.3 Å². The Bertz CT molecular complexity index is 1410. The van der Waals surface area contributed by atoms with Crippen molar-refractivity contribution in [2.75, 3.05) is 17.4 Å². The van der Waals surface area contributed by atoms with Crippen LogP contribution < -0.4 is 9.62 Å². The number of aryl methyl sites for hydroxylation is 2. The van der Waals surface area contributed by atoms with Crippen molar-refractivity contribution in [3.8, 4) is 0 Å². The van der Waals surface area contributed by atoms with Gasteiger partial charge in [-0.1, -0.05) is 77.7 Å². The highest BCUT2D eigenvalue weighted by molar-refractivity contribution is 7.92. The van der Waals surface area contributed by atoms with Crippen molar-refractivity contribution >= 4 is 50.7 Å². The number of benzene rings is 3. The molecule has 39 heavy (non-hydrogen) atoms. The smallest absolute Gasteiger partial charge is 0.264 e. The Morgan fingerprint density at radius 2 is 1.49 bits per heavy atom. The number of hydrogen-bond acceptors (Lipinski definition) is 4. The van der Waals surface area contributed by atoms with Crippen molar-refractivity contribution in [2.45, 2.75) is 51.6 Å². The lowest BCUT2D eigenvalue weighted by molar-refractivity contribution is -0.139. The molecule has 7 nitrogen and oxygen atoms in total. The summed E-state index contributed by atoms with van der Waals surface area (Å²) in [6, 6.07) is 17.5. The molecule has 1 N–H and O–H groups in total. The second-order valence-corrected chi connectivity index (χ2v) is 12.1. The molecule has 0 aliphatic carbocycles. The zero-order chi connectivity index (χ0) is 28.7. The summed E-state index contributed by atoms with van der Waals surface area (Å²) >= 11 is 12.3. The molecule has 0 bridgehead atoms. The van der Waals surface area contributed by atoms with E-state index in [1.807, 2.05) is 45.0 Å². The first-order valence-electron chi connectivity index (χ1n) is 12.6. The average molecular weight is 591 g/mol. The maximum absolute atomic E-state index is 13.9. The van der Waals surface area contributed by atoms with Crippen molar-refractivity contribution in [3.63, 3.8) is 0 Å². The van der Waals surface area contributed by atoms with Gasteiger partial charge in [-0.2, -0.15) is 0 Å². The highest BCUT2D eigenvalue weighted by atomic mass is 35.5. The van der Waals surface area contributed by atoms with Crippen LogP contribution in [0.4, 0.5) is 5.69 Å². The molecule has 0 saturated carbocycles. The van der Waals surface area contributed by atoms with Gasteiger partial charge in [-0.25, -0.2) is 8.42 Å². The number of carbonyl (C=O) groups is 2. The highest BCUT2D eigenvalue weighted by Crippen LogP contribution is 2.31. The summed E-state index contributed by atoms with van der Waals surface area (Å²) in [5.74, 6) is -0.865. The summed E-state index contributed by atoms with van der Waals surface area (Å²) in [7, 11) is -4.18. The van der Waals surface area contributed by atoms with Gasteiger partial charge in [0.05, 0.1) is 20.6 Å². The fraction of sp³-hybridized carbons (Fsp3) is 0.310. The van der Waals surface area contributed by atoms with E-state index in [1.54, 1.807) is 19.1 Å². The van der Waals surface area contributed by atoms with Gasteiger partial charge in [0.25, 0.3) is 10.0 Å². The number of sulfonamides is 1. The van der Waals surface area contributed by atoms with Crippen molar-refractivity contribution in [1.82, 2.24) is 10.2 Å². The lowest BCUT2D eigenvalue weighted by Crippen LogP contribution is -2.51. The van der Waals surface area contributed by atoms with Crippen molar-refractivity contribution < 1.29 is 18.0 Å². The van der Waals surface area contributed by atoms with E-state index in [0.717, 1.165) is 27.4 Å². The number of halogens is 2. The van der Waals surface area contributed by atoms with Crippen LogP contribution in [0.1, 0.15) is 37.0 Å². The van der Waals surface area contributed by atoms with E-state index < -0.39 is 28.5 Å². The maximum atomic E-state index is 13.9. The molecule has 1 atom stereocenters. The molecular weight excluding hydrogens is 557 g/mol. The number of nitrogens with one attached hydrogen (secondary N) is 1. The third-order valence-corrected chi connectivity index (χ3v) is 8.80. The first kappa shape index (κ1) is 30.5. The zero-order valence-electron chi connectivity index (χ0n) is 22.4. The highest BCUT2D eigenvalue weighted by Gasteiger charge is 2.32. The second-order valence-electron chi connectivity index (χ2n) is 9.40. The minimum absolute atomic E-state index is 0.0193. The molecule has 0 radical (unpaired) electrons. The van der Waals surface area contributed by atoms with E-state index in [9.17, 15) is 18.0 Å². The monoisotopic (exact) mass is 589 g/mol. The minimum Gasteiger partial charge on any atom is -0.354 e. The number of rotatable bonds is 11. The van der Waals surface area contributed by atoms with Crippen molar-refractivity contribution in [2.24, 2.45) is 0 Å². The molecule has 1 unspecified atom stereocenters. The molecule has 2 amide bonds. The van der Waals surface area contributed by atoms with Gasteiger partial charge in [-0.3, -0.25) is 13.9 Å². The van der Waals surface area contributed by atoms with Crippen molar-refractivity contribution in [1.29, 1.82) is 0 Å². The minimum atomic E-state index is -4.18. The predicted octanol–water partition coefficient (Wildman–Crippen LogP) is 5.75. The molecule has 0 fully saturated rings. The Morgan fingerprint density at radius 1 is 0.897 bits per heavy atom. The standard InChI is InChI=1S/C29H33Cl2N3O4S/c1-5-16-32-29(36)22(4)33(18-23-10-6-20(2)7-11-23)28(35)19-34(24-12-15-26(30)27(31)17-24)39(37,38)25-13-8-21(3)9-14-25/h6-15,17,22H,5,16,18-19H2,1-4H3,(H,32,36). The molecule has 0 saturated heterocycles. The molecule has 3 aromatic carbocycles. The molecule has 3 rings (SSSR count). The summed E-state index contributed by atoms with van der Waals surface area (Å²) in [6.07, 6.45) is 0.740. The molecule has 0 heterocycles. The van der Waals surface area contributed by atoms with Gasteiger partial charge in [-0.15, -0.1) is 0 Å². The van der Waals surface area contributed by atoms with Gasteiger partial charge < -0.3 is 10.2 Å². The Labute approximate surface area is 240 Å². The molecule has 0 spiro atoms. The van der Waals surface area contributed by atoms with Gasteiger partial charge in [0.1, 0.15) is 12.6 Å². The lowest BCUT2D eigenvalue weighted by atomic mass is 10.1. The Balaban J connectivity index is 2.04. The van der Waals surface area contributed by atoms with Crippen LogP contribution in [0.3, 0.4) is 0 Å². The van der Waals surface area contributed by atoms with Crippen LogP contribution in [-0.2, 0) is 26.2 Å². The third kappa shape index (κ3) is 7.75. The Hall–Kier alpha value is -3.07. The molecular formula is C29H33Cl2N3O4S. The van der Waals surface area contributed by atoms with Crippen molar-refractivity contribution in [3.05, 3.63) is 93.5 Å². The maximum Gasteiger partial charge on any atom is 0.264 e. The normalized spacial score (nSPS) is 12.1. The van der Waals surface area contributed by atoms with Gasteiger partial charge in [-0.05, 0) is 63.1 Å². The molecule has 10 heteroatoms. The largest absolute Gasteiger partial charge is 0.354 e. The third-order valence-electron chi connectivity index (χ3n) is 6.27. The fourth-order valence-corrected chi connectivity index (χ4v) is 5.57. The molecule has 3 aromatic rings. The van der Waals surface area contributed by atoms with Crippen LogP contribution in [0.5, 0.6) is 0 Å². The Morgan fingerprint density at radius 3 is 2.05 bits per heavy atom. The molecule has 0 aliphatic rings. The zero-order valence-corrected chi connectivity index (χ0v) is 24.8.